The number of aromatic nitrogens is 3. The van der Waals surface area contributed by atoms with Gasteiger partial charge >= 0.3 is 0 Å². The molecule has 3 aromatic rings. The van der Waals surface area contributed by atoms with Gasteiger partial charge in [0, 0.05) is 23.7 Å². The molecule has 2 heterocycles. The van der Waals surface area contributed by atoms with Gasteiger partial charge in [0.15, 0.2) is 11.4 Å². The number of rotatable bonds is 8. The third-order valence-corrected chi connectivity index (χ3v) is 4.03. The van der Waals surface area contributed by atoms with E-state index in [9.17, 15) is 4.79 Å². The fraction of sp³-hybridized carbons (Fsp3) is 0.350. The maximum absolute atomic E-state index is 11.5. The van der Waals surface area contributed by atoms with Gasteiger partial charge in [0.25, 0.3) is 0 Å². The van der Waals surface area contributed by atoms with Gasteiger partial charge in [0.05, 0.1) is 6.61 Å². The van der Waals surface area contributed by atoms with Gasteiger partial charge in [0.1, 0.15) is 18.0 Å². The molecule has 0 aliphatic heterocycles. The molecule has 3 rings (SSSR count). The molecule has 0 spiro atoms. The van der Waals surface area contributed by atoms with Crippen LogP contribution in [-0.2, 0) is 11.3 Å². The fourth-order valence-electron chi connectivity index (χ4n) is 2.82. The van der Waals surface area contributed by atoms with Crippen LogP contribution in [0, 0.1) is 0 Å². The monoisotopic (exact) mass is 352 g/mol. The van der Waals surface area contributed by atoms with E-state index in [2.05, 4.69) is 29.1 Å². The highest BCUT2D eigenvalue weighted by molar-refractivity contribution is 5.92. The molecular formula is C20H24N4O2. The minimum absolute atomic E-state index is 0.0491. The van der Waals surface area contributed by atoms with Crippen LogP contribution in [0.5, 0.6) is 5.75 Å². The molecule has 136 valence electrons. The van der Waals surface area contributed by atoms with E-state index in [1.54, 1.807) is 17.8 Å². The lowest BCUT2D eigenvalue weighted by molar-refractivity contribution is -0.117. The molecule has 0 saturated heterocycles. The van der Waals surface area contributed by atoms with Gasteiger partial charge in [0.2, 0.25) is 0 Å². The van der Waals surface area contributed by atoms with Gasteiger partial charge < -0.3 is 9.64 Å². The molecule has 6 heteroatoms. The Morgan fingerprint density at radius 1 is 1.19 bits per heavy atom. The molecule has 1 aromatic carbocycles. The van der Waals surface area contributed by atoms with E-state index in [1.165, 1.54) is 0 Å². The maximum atomic E-state index is 11.5. The lowest BCUT2D eigenvalue weighted by Gasteiger charge is -2.10. The average molecular weight is 352 g/mol. The van der Waals surface area contributed by atoms with Crippen molar-refractivity contribution in [1.82, 2.24) is 19.7 Å². The molecule has 0 N–H and O–H groups in total. The number of carbonyl (C=O) groups is 1. The van der Waals surface area contributed by atoms with Crippen molar-refractivity contribution in [2.75, 3.05) is 27.2 Å². The molecule has 0 bridgehead atoms. The second kappa shape index (κ2) is 8.10. The van der Waals surface area contributed by atoms with Crippen molar-refractivity contribution in [3.8, 4) is 17.0 Å². The van der Waals surface area contributed by atoms with Crippen LogP contribution in [0.25, 0.3) is 22.3 Å². The number of nitrogens with zero attached hydrogens (tertiary/aromatic N) is 4. The maximum Gasteiger partial charge on any atom is 0.158 e. The Kier molecular flexibility index (Phi) is 5.63. The Labute approximate surface area is 153 Å². The minimum Gasteiger partial charge on any atom is -0.494 e. The number of hydrogen-bond donors (Lipinski definition) is 0. The zero-order chi connectivity index (χ0) is 18.5. The number of ketones is 1. The summed E-state index contributed by atoms with van der Waals surface area (Å²) in [7, 11) is 4.11. The minimum atomic E-state index is 0.0491. The van der Waals surface area contributed by atoms with Crippen LogP contribution < -0.4 is 4.74 Å². The topological polar surface area (TPSA) is 60.3 Å². The Bertz CT molecular complexity index is 884. The number of benzene rings is 1. The third-order valence-electron chi connectivity index (χ3n) is 4.03. The van der Waals surface area contributed by atoms with Crippen molar-refractivity contribution < 1.29 is 9.53 Å². The van der Waals surface area contributed by atoms with Crippen LogP contribution in [0.4, 0.5) is 0 Å². The number of ether oxygens (including phenoxy) is 1. The second-order valence-corrected chi connectivity index (χ2v) is 6.61. The first-order valence-corrected chi connectivity index (χ1v) is 8.73. The summed E-state index contributed by atoms with van der Waals surface area (Å²) < 4.78 is 7.45. The van der Waals surface area contributed by atoms with Gasteiger partial charge in [-0.05, 0) is 63.8 Å². The molecule has 0 atom stereocenters. The zero-order valence-electron chi connectivity index (χ0n) is 15.5. The Morgan fingerprint density at radius 2 is 1.96 bits per heavy atom. The highest BCUT2D eigenvalue weighted by atomic mass is 16.5. The third kappa shape index (κ3) is 4.26. The molecule has 0 unspecified atom stereocenters. The molecule has 6 nitrogen and oxygen atoms in total. The van der Waals surface area contributed by atoms with Crippen molar-refractivity contribution in [2.24, 2.45) is 0 Å². The largest absolute Gasteiger partial charge is 0.494 e. The Hall–Kier alpha value is -2.73. The van der Waals surface area contributed by atoms with E-state index in [4.69, 9.17) is 4.74 Å². The first kappa shape index (κ1) is 18.1. The van der Waals surface area contributed by atoms with E-state index in [1.807, 2.05) is 36.4 Å². The van der Waals surface area contributed by atoms with E-state index in [0.717, 1.165) is 41.0 Å². The van der Waals surface area contributed by atoms with E-state index in [0.29, 0.717) is 6.61 Å². The highest BCUT2D eigenvalue weighted by Gasteiger charge is 2.14. The first-order chi connectivity index (χ1) is 12.5. The molecule has 0 fully saturated rings. The quantitative estimate of drug-likeness (QED) is 0.583. The van der Waals surface area contributed by atoms with Gasteiger partial charge in [-0.2, -0.15) is 5.10 Å². The normalized spacial score (nSPS) is 11.2. The van der Waals surface area contributed by atoms with Gasteiger partial charge in [-0.3, -0.25) is 4.79 Å². The summed E-state index contributed by atoms with van der Waals surface area (Å²) in [4.78, 5) is 18.0. The summed E-state index contributed by atoms with van der Waals surface area (Å²) in [6, 6.07) is 11.8. The van der Waals surface area contributed by atoms with Crippen LogP contribution in [0.2, 0.25) is 0 Å². The number of carbonyl (C=O) groups excluding carboxylic acids is 1. The molecule has 0 saturated carbocycles. The first-order valence-electron chi connectivity index (χ1n) is 8.73. The lowest BCUT2D eigenvalue weighted by atomic mass is 10.1. The summed E-state index contributed by atoms with van der Waals surface area (Å²) in [6.45, 7) is 3.47. The smallest absolute Gasteiger partial charge is 0.158 e. The van der Waals surface area contributed by atoms with Crippen LogP contribution in [0.1, 0.15) is 13.3 Å². The molecule has 0 amide bonds. The highest BCUT2D eigenvalue weighted by Crippen LogP contribution is 2.28. The zero-order valence-corrected chi connectivity index (χ0v) is 15.5. The van der Waals surface area contributed by atoms with Crippen molar-refractivity contribution >= 4 is 16.8 Å². The van der Waals surface area contributed by atoms with Gasteiger partial charge in [-0.15, -0.1) is 0 Å². The summed E-state index contributed by atoms with van der Waals surface area (Å²) in [5.74, 6) is 0.895. The van der Waals surface area contributed by atoms with E-state index < -0.39 is 0 Å². The van der Waals surface area contributed by atoms with Gasteiger partial charge in [-0.1, -0.05) is 0 Å². The van der Waals surface area contributed by atoms with Crippen LogP contribution in [0.3, 0.4) is 0 Å². The Morgan fingerprint density at radius 3 is 2.65 bits per heavy atom. The predicted molar refractivity (Wildman–Crippen MR) is 102 cm³/mol. The molecule has 0 radical (unpaired) electrons. The van der Waals surface area contributed by atoms with E-state index >= 15 is 0 Å². The standard InChI is InChI=1S/C20H24N4O2/c1-15(25)14-24-20-18(6-4-11-21-20)19(22-24)16-7-9-17(10-8-16)26-13-5-12-23(2)3/h4,6-11H,5,12-14H2,1-3H3. The number of hydrogen-bond acceptors (Lipinski definition) is 5. The van der Waals surface area contributed by atoms with Crippen LogP contribution in [0.15, 0.2) is 42.6 Å². The summed E-state index contributed by atoms with van der Waals surface area (Å²) in [5.41, 5.74) is 2.53. The average Bonchev–Trinajstić information content (AvgIpc) is 2.97. The van der Waals surface area contributed by atoms with E-state index in [-0.39, 0.29) is 12.3 Å². The van der Waals surface area contributed by atoms with Crippen molar-refractivity contribution in [2.45, 2.75) is 19.9 Å². The van der Waals surface area contributed by atoms with Crippen molar-refractivity contribution in [3.05, 3.63) is 42.6 Å². The fourth-order valence-corrected chi connectivity index (χ4v) is 2.82. The van der Waals surface area contributed by atoms with Crippen molar-refractivity contribution in [1.29, 1.82) is 0 Å². The van der Waals surface area contributed by atoms with Gasteiger partial charge in [-0.25, -0.2) is 9.67 Å². The van der Waals surface area contributed by atoms with Crippen molar-refractivity contribution in [3.63, 3.8) is 0 Å². The molecule has 0 aliphatic carbocycles. The predicted octanol–water partition coefficient (Wildman–Crippen LogP) is 3.02. The van der Waals surface area contributed by atoms with Crippen LogP contribution in [-0.4, -0.2) is 52.7 Å². The number of pyridine rings is 1. The molecule has 0 aliphatic rings. The molecule has 2 aromatic heterocycles. The molecule has 26 heavy (non-hydrogen) atoms. The summed E-state index contributed by atoms with van der Waals surface area (Å²) >= 11 is 0. The lowest BCUT2D eigenvalue weighted by Crippen LogP contribution is -2.15. The Balaban J connectivity index is 1.80. The molecular weight excluding hydrogens is 328 g/mol. The SMILES string of the molecule is CC(=O)Cn1nc(-c2ccc(OCCCN(C)C)cc2)c2cccnc21. The number of Topliss-reactive ketones (excluding diaryl/α,β-unsaturated/α-hetero) is 1. The number of fused-ring (bicyclic) bond motifs is 1. The summed E-state index contributed by atoms with van der Waals surface area (Å²) in [5, 5.41) is 5.55. The second-order valence-electron chi connectivity index (χ2n) is 6.61. The summed E-state index contributed by atoms with van der Waals surface area (Å²) in [6.07, 6.45) is 2.70. The van der Waals surface area contributed by atoms with Crippen LogP contribution >= 0.6 is 0 Å².